The Bertz CT molecular complexity index is 371. The molecule has 0 bridgehead atoms. The Morgan fingerprint density at radius 2 is 2.00 bits per heavy atom. The number of rotatable bonds is 6. The summed E-state index contributed by atoms with van der Waals surface area (Å²) in [7, 11) is 2.08. The van der Waals surface area contributed by atoms with Gasteiger partial charge in [-0.15, -0.1) is 0 Å². The molecule has 0 aromatic heterocycles. The smallest absolute Gasteiger partial charge is 0.0446 e. The van der Waals surface area contributed by atoms with Crippen molar-refractivity contribution >= 4 is 0 Å². The summed E-state index contributed by atoms with van der Waals surface area (Å²) >= 11 is 0. The number of hydrogen-bond donors (Lipinski definition) is 1. The Kier molecular flexibility index (Phi) is 5.41. The minimum atomic E-state index is 0.457. The van der Waals surface area contributed by atoms with Crippen molar-refractivity contribution in [2.75, 3.05) is 20.1 Å². The predicted molar refractivity (Wildman–Crippen MR) is 82.5 cm³/mol. The average molecular weight is 260 g/mol. The molecule has 2 atom stereocenters. The number of benzene rings is 1. The van der Waals surface area contributed by atoms with Crippen LogP contribution in [-0.4, -0.2) is 31.1 Å². The summed E-state index contributed by atoms with van der Waals surface area (Å²) in [5.41, 5.74) is 2.84. The lowest BCUT2D eigenvalue weighted by atomic mass is 10.0. The van der Waals surface area contributed by atoms with E-state index in [1.165, 1.54) is 36.9 Å². The van der Waals surface area contributed by atoms with E-state index in [0.29, 0.717) is 6.04 Å². The lowest BCUT2D eigenvalue weighted by Crippen LogP contribution is -2.36. The Morgan fingerprint density at radius 3 is 2.58 bits per heavy atom. The van der Waals surface area contributed by atoms with Crippen LogP contribution in [-0.2, 0) is 6.42 Å². The van der Waals surface area contributed by atoms with Crippen LogP contribution in [0, 0.1) is 0 Å². The molecular formula is C17H28N2. The standard InChI is InChI=1S/C17H28N2/c1-4-14-8-10-15(11-9-14)17(18-3)13-19-12-6-7-16(19)5-2/h8-11,16-18H,4-7,12-13H2,1-3H3. The average Bonchev–Trinajstić information content (AvgIpc) is 2.92. The highest BCUT2D eigenvalue weighted by Crippen LogP contribution is 2.23. The lowest BCUT2D eigenvalue weighted by Gasteiger charge is -2.28. The normalized spacial score (nSPS) is 21.7. The maximum atomic E-state index is 3.49. The molecule has 0 amide bonds. The number of hydrogen-bond acceptors (Lipinski definition) is 2. The predicted octanol–water partition coefficient (Wildman–Crippen LogP) is 3.38. The van der Waals surface area contributed by atoms with Crippen LogP contribution >= 0.6 is 0 Å². The van der Waals surface area contributed by atoms with Gasteiger partial charge in [-0.3, -0.25) is 4.90 Å². The first kappa shape index (κ1) is 14.5. The van der Waals surface area contributed by atoms with Crippen molar-refractivity contribution in [3.8, 4) is 0 Å². The zero-order valence-corrected chi connectivity index (χ0v) is 12.7. The van der Waals surface area contributed by atoms with Gasteiger partial charge in [-0.1, -0.05) is 38.1 Å². The molecule has 0 radical (unpaired) electrons. The number of likely N-dealkylation sites (tertiary alicyclic amines) is 1. The van der Waals surface area contributed by atoms with E-state index >= 15 is 0 Å². The van der Waals surface area contributed by atoms with Crippen molar-refractivity contribution < 1.29 is 0 Å². The fraction of sp³-hybridized carbons (Fsp3) is 0.647. The van der Waals surface area contributed by atoms with Crippen LogP contribution in [0.4, 0.5) is 0 Å². The number of aryl methyl sites for hydroxylation is 1. The molecule has 2 heteroatoms. The Morgan fingerprint density at radius 1 is 1.26 bits per heavy atom. The fourth-order valence-electron chi connectivity index (χ4n) is 3.18. The van der Waals surface area contributed by atoms with E-state index in [9.17, 15) is 0 Å². The second kappa shape index (κ2) is 7.06. The molecule has 1 fully saturated rings. The van der Waals surface area contributed by atoms with Gasteiger partial charge in [0.05, 0.1) is 0 Å². The van der Waals surface area contributed by atoms with Crippen molar-refractivity contribution in [2.24, 2.45) is 0 Å². The van der Waals surface area contributed by atoms with Gasteiger partial charge in [-0.2, -0.15) is 0 Å². The van der Waals surface area contributed by atoms with Crippen LogP contribution in [0.25, 0.3) is 0 Å². The van der Waals surface area contributed by atoms with Crippen LogP contribution < -0.4 is 5.32 Å². The minimum absolute atomic E-state index is 0.457. The topological polar surface area (TPSA) is 15.3 Å². The Labute approximate surface area is 118 Å². The first-order valence-electron chi connectivity index (χ1n) is 7.78. The van der Waals surface area contributed by atoms with Gasteiger partial charge in [0.2, 0.25) is 0 Å². The molecule has 1 N–H and O–H groups in total. The first-order valence-corrected chi connectivity index (χ1v) is 7.78. The maximum absolute atomic E-state index is 3.49. The van der Waals surface area contributed by atoms with E-state index in [0.717, 1.165) is 19.0 Å². The van der Waals surface area contributed by atoms with Gasteiger partial charge >= 0.3 is 0 Å². The highest BCUT2D eigenvalue weighted by molar-refractivity contribution is 5.25. The van der Waals surface area contributed by atoms with Gasteiger partial charge in [0.15, 0.2) is 0 Å². The van der Waals surface area contributed by atoms with Crippen molar-refractivity contribution in [3.63, 3.8) is 0 Å². The zero-order valence-electron chi connectivity index (χ0n) is 12.7. The highest BCUT2D eigenvalue weighted by atomic mass is 15.2. The summed E-state index contributed by atoms with van der Waals surface area (Å²) in [6.07, 6.45) is 5.14. The summed E-state index contributed by atoms with van der Waals surface area (Å²) in [4.78, 5) is 2.66. The van der Waals surface area contributed by atoms with E-state index in [1.807, 2.05) is 0 Å². The highest BCUT2D eigenvalue weighted by Gasteiger charge is 2.25. The van der Waals surface area contributed by atoms with Gasteiger partial charge in [0.1, 0.15) is 0 Å². The molecule has 2 rings (SSSR count). The van der Waals surface area contributed by atoms with Gasteiger partial charge < -0.3 is 5.32 Å². The summed E-state index contributed by atoms with van der Waals surface area (Å²) in [5, 5.41) is 3.49. The number of likely N-dealkylation sites (N-methyl/N-ethyl adjacent to an activating group) is 1. The van der Waals surface area contributed by atoms with Crippen LogP contribution in [0.3, 0.4) is 0 Å². The molecule has 0 spiro atoms. The van der Waals surface area contributed by atoms with Crippen molar-refractivity contribution in [2.45, 2.75) is 51.6 Å². The molecule has 1 aliphatic heterocycles. The van der Waals surface area contributed by atoms with Crippen molar-refractivity contribution in [3.05, 3.63) is 35.4 Å². The van der Waals surface area contributed by atoms with Crippen LogP contribution in [0.2, 0.25) is 0 Å². The molecule has 2 nitrogen and oxygen atoms in total. The van der Waals surface area contributed by atoms with Gasteiger partial charge in [-0.05, 0) is 50.4 Å². The van der Waals surface area contributed by atoms with E-state index in [1.54, 1.807) is 0 Å². The quantitative estimate of drug-likeness (QED) is 0.843. The van der Waals surface area contributed by atoms with Crippen molar-refractivity contribution in [1.29, 1.82) is 0 Å². The molecule has 0 aliphatic carbocycles. The van der Waals surface area contributed by atoms with Crippen molar-refractivity contribution in [1.82, 2.24) is 10.2 Å². The molecule has 1 saturated heterocycles. The van der Waals surface area contributed by atoms with Crippen LogP contribution in [0.5, 0.6) is 0 Å². The first-order chi connectivity index (χ1) is 9.28. The van der Waals surface area contributed by atoms with Gasteiger partial charge in [-0.25, -0.2) is 0 Å². The second-order valence-corrected chi connectivity index (χ2v) is 5.64. The van der Waals surface area contributed by atoms with Gasteiger partial charge in [0, 0.05) is 18.6 Å². The molecule has 0 saturated carbocycles. The number of nitrogens with one attached hydrogen (secondary N) is 1. The van der Waals surface area contributed by atoms with Crippen LogP contribution in [0.15, 0.2) is 24.3 Å². The van der Waals surface area contributed by atoms with Gasteiger partial charge in [0.25, 0.3) is 0 Å². The molecule has 19 heavy (non-hydrogen) atoms. The number of nitrogens with zero attached hydrogens (tertiary/aromatic N) is 1. The minimum Gasteiger partial charge on any atom is -0.312 e. The molecule has 106 valence electrons. The zero-order chi connectivity index (χ0) is 13.7. The SMILES string of the molecule is CCc1ccc(C(CN2CCCC2CC)NC)cc1. The van der Waals surface area contributed by atoms with Crippen LogP contribution in [0.1, 0.15) is 50.3 Å². The van der Waals surface area contributed by atoms with E-state index in [-0.39, 0.29) is 0 Å². The monoisotopic (exact) mass is 260 g/mol. The third-order valence-electron chi connectivity index (χ3n) is 4.53. The summed E-state index contributed by atoms with van der Waals surface area (Å²) in [6, 6.07) is 10.4. The molecule has 1 aliphatic rings. The summed E-state index contributed by atoms with van der Waals surface area (Å²) in [5.74, 6) is 0. The summed E-state index contributed by atoms with van der Waals surface area (Å²) < 4.78 is 0. The third kappa shape index (κ3) is 3.58. The molecule has 1 aromatic carbocycles. The fourth-order valence-corrected chi connectivity index (χ4v) is 3.18. The molecule has 2 unspecified atom stereocenters. The molecule has 1 aromatic rings. The van der Waals surface area contributed by atoms with E-state index in [4.69, 9.17) is 0 Å². The lowest BCUT2D eigenvalue weighted by molar-refractivity contribution is 0.224. The maximum Gasteiger partial charge on any atom is 0.0446 e. The molecule has 1 heterocycles. The molecular weight excluding hydrogens is 232 g/mol. The van der Waals surface area contributed by atoms with E-state index < -0.39 is 0 Å². The van der Waals surface area contributed by atoms with E-state index in [2.05, 4.69) is 55.4 Å². The second-order valence-electron chi connectivity index (χ2n) is 5.64. The third-order valence-corrected chi connectivity index (χ3v) is 4.53. The Balaban J connectivity index is 2.02. The Hall–Kier alpha value is -0.860. The largest absolute Gasteiger partial charge is 0.312 e. The summed E-state index contributed by atoms with van der Waals surface area (Å²) in [6.45, 7) is 6.93.